The Kier molecular flexibility index (Phi) is 8.30. The van der Waals surface area contributed by atoms with Gasteiger partial charge in [-0.25, -0.2) is 0 Å². The summed E-state index contributed by atoms with van der Waals surface area (Å²) in [6.07, 6.45) is 19.5. The Labute approximate surface area is 173 Å². The van der Waals surface area contributed by atoms with E-state index in [-0.39, 0.29) is 0 Å². The molecule has 3 atom stereocenters. The van der Waals surface area contributed by atoms with E-state index in [1.165, 1.54) is 27.8 Å². The first-order chi connectivity index (χ1) is 13.7. The van der Waals surface area contributed by atoms with Crippen LogP contribution in [0.5, 0.6) is 0 Å². The van der Waals surface area contributed by atoms with E-state index in [0.29, 0.717) is 5.92 Å². The SMILES string of the molecule is CC.CC.CC(C)c1c(C2=CC=CCC=C2)cccc1C1=CC2C(C)C2C=C1. The third kappa shape index (κ3) is 4.66. The van der Waals surface area contributed by atoms with Gasteiger partial charge in [-0.1, -0.05) is 115 Å². The van der Waals surface area contributed by atoms with Crippen molar-refractivity contribution in [3.8, 4) is 0 Å². The molecule has 0 spiro atoms. The highest BCUT2D eigenvalue weighted by Gasteiger charge is 2.44. The molecule has 0 heterocycles. The molecule has 0 bridgehead atoms. The number of rotatable bonds is 3. The van der Waals surface area contributed by atoms with E-state index >= 15 is 0 Å². The Balaban J connectivity index is 0.000000660. The molecule has 28 heavy (non-hydrogen) atoms. The molecule has 4 rings (SSSR count). The van der Waals surface area contributed by atoms with Crippen LogP contribution in [0.1, 0.15) is 77.5 Å². The summed E-state index contributed by atoms with van der Waals surface area (Å²) in [5, 5.41) is 0. The van der Waals surface area contributed by atoms with Gasteiger partial charge >= 0.3 is 0 Å². The molecule has 0 aliphatic heterocycles. The van der Waals surface area contributed by atoms with E-state index in [4.69, 9.17) is 0 Å². The zero-order valence-corrected chi connectivity index (χ0v) is 18.9. The molecule has 0 radical (unpaired) electrons. The molecule has 0 saturated heterocycles. The van der Waals surface area contributed by atoms with Crippen molar-refractivity contribution in [2.24, 2.45) is 17.8 Å². The Bertz CT molecular complexity index is 795. The molecular formula is C28H38. The van der Waals surface area contributed by atoms with E-state index in [9.17, 15) is 0 Å². The first-order valence-corrected chi connectivity index (χ1v) is 11.2. The number of fused-ring (bicyclic) bond motifs is 1. The largest absolute Gasteiger partial charge is 0.0807 e. The lowest BCUT2D eigenvalue weighted by molar-refractivity contribution is 0.858. The first kappa shape index (κ1) is 22.2. The van der Waals surface area contributed by atoms with Crippen LogP contribution < -0.4 is 0 Å². The van der Waals surface area contributed by atoms with Crippen LogP contribution in [0.15, 0.2) is 66.8 Å². The summed E-state index contributed by atoms with van der Waals surface area (Å²) in [5.74, 6) is 2.87. The maximum Gasteiger partial charge on any atom is -0.0127 e. The average molecular weight is 375 g/mol. The molecule has 0 aromatic heterocycles. The van der Waals surface area contributed by atoms with Crippen molar-refractivity contribution in [1.29, 1.82) is 0 Å². The topological polar surface area (TPSA) is 0 Å². The average Bonchev–Trinajstić information content (AvgIpc) is 3.47. The summed E-state index contributed by atoms with van der Waals surface area (Å²) in [7, 11) is 0. The lowest BCUT2D eigenvalue weighted by Crippen LogP contribution is -2.02. The molecule has 0 nitrogen and oxygen atoms in total. The minimum absolute atomic E-state index is 0.501. The molecule has 150 valence electrons. The molecule has 0 amide bonds. The second-order valence-electron chi connectivity index (χ2n) is 7.60. The van der Waals surface area contributed by atoms with Crippen LogP contribution in [0.4, 0.5) is 0 Å². The van der Waals surface area contributed by atoms with Gasteiger partial charge in [0, 0.05) is 0 Å². The van der Waals surface area contributed by atoms with Crippen molar-refractivity contribution in [2.45, 2.75) is 60.8 Å². The molecule has 1 aromatic rings. The normalized spacial score (nSPS) is 24.1. The van der Waals surface area contributed by atoms with Crippen molar-refractivity contribution in [1.82, 2.24) is 0 Å². The fraction of sp³-hybridized carbons (Fsp3) is 0.429. The summed E-state index contributed by atoms with van der Waals surface area (Å²) >= 11 is 0. The third-order valence-electron chi connectivity index (χ3n) is 5.67. The first-order valence-electron chi connectivity index (χ1n) is 11.2. The third-order valence-corrected chi connectivity index (χ3v) is 5.67. The van der Waals surface area contributed by atoms with Crippen LogP contribution >= 0.6 is 0 Å². The van der Waals surface area contributed by atoms with Gasteiger partial charge in [0.25, 0.3) is 0 Å². The van der Waals surface area contributed by atoms with Crippen molar-refractivity contribution in [3.05, 3.63) is 83.5 Å². The van der Waals surface area contributed by atoms with Crippen molar-refractivity contribution in [3.63, 3.8) is 0 Å². The van der Waals surface area contributed by atoms with Gasteiger partial charge < -0.3 is 0 Å². The zero-order chi connectivity index (χ0) is 20.7. The van der Waals surface area contributed by atoms with Gasteiger partial charge in [-0.3, -0.25) is 0 Å². The second kappa shape index (κ2) is 10.5. The van der Waals surface area contributed by atoms with Crippen LogP contribution in [-0.4, -0.2) is 0 Å². The van der Waals surface area contributed by atoms with Crippen LogP contribution in [0.25, 0.3) is 11.1 Å². The van der Waals surface area contributed by atoms with Gasteiger partial charge in [0.15, 0.2) is 0 Å². The van der Waals surface area contributed by atoms with Gasteiger partial charge in [-0.15, -0.1) is 0 Å². The number of hydrogen-bond donors (Lipinski definition) is 0. The van der Waals surface area contributed by atoms with E-state index in [2.05, 4.69) is 87.6 Å². The van der Waals surface area contributed by atoms with E-state index in [1.807, 2.05) is 27.7 Å². The Morgan fingerprint density at radius 3 is 2.18 bits per heavy atom. The number of allylic oxidation sites excluding steroid dienone is 10. The highest BCUT2D eigenvalue weighted by Crippen LogP contribution is 2.52. The van der Waals surface area contributed by atoms with Crippen LogP contribution in [-0.2, 0) is 0 Å². The fourth-order valence-corrected chi connectivity index (χ4v) is 4.20. The van der Waals surface area contributed by atoms with E-state index < -0.39 is 0 Å². The van der Waals surface area contributed by atoms with Crippen molar-refractivity contribution >= 4 is 11.1 Å². The maximum absolute atomic E-state index is 2.51. The number of hydrogen-bond acceptors (Lipinski definition) is 0. The van der Waals surface area contributed by atoms with Gasteiger partial charge in [0.1, 0.15) is 0 Å². The Morgan fingerprint density at radius 1 is 0.857 bits per heavy atom. The highest BCUT2D eigenvalue weighted by molar-refractivity contribution is 5.85. The number of benzene rings is 1. The summed E-state index contributed by atoms with van der Waals surface area (Å²) in [4.78, 5) is 0. The van der Waals surface area contributed by atoms with Crippen LogP contribution in [0.2, 0.25) is 0 Å². The van der Waals surface area contributed by atoms with Gasteiger partial charge in [-0.2, -0.15) is 0 Å². The smallest absolute Gasteiger partial charge is 0.0127 e. The second-order valence-corrected chi connectivity index (χ2v) is 7.60. The monoisotopic (exact) mass is 374 g/mol. The molecule has 1 aromatic carbocycles. The van der Waals surface area contributed by atoms with Crippen LogP contribution in [0.3, 0.4) is 0 Å². The molecule has 3 aliphatic rings. The summed E-state index contributed by atoms with van der Waals surface area (Å²) in [5.41, 5.74) is 7.02. The van der Waals surface area contributed by atoms with Gasteiger partial charge in [0.05, 0.1) is 0 Å². The molecule has 3 aliphatic carbocycles. The minimum atomic E-state index is 0.501. The lowest BCUT2D eigenvalue weighted by atomic mass is 9.84. The van der Waals surface area contributed by atoms with Crippen molar-refractivity contribution in [2.75, 3.05) is 0 Å². The fourth-order valence-electron chi connectivity index (χ4n) is 4.20. The standard InChI is InChI=1S/C24H26.2C2H6/c1-16(2)24-21(18-9-6-4-5-7-10-18)11-8-12-22(24)19-13-14-20-17(3)23(20)15-19;2*1-2/h4,6-17,20,23H,5H2,1-3H3;2*1-2H3. The Morgan fingerprint density at radius 2 is 1.54 bits per heavy atom. The van der Waals surface area contributed by atoms with E-state index in [1.54, 1.807) is 0 Å². The predicted molar refractivity (Wildman–Crippen MR) is 127 cm³/mol. The van der Waals surface area contributed by atoms with E-state index in [0.717, 1.165) is 24.2 Å². The van der Waals surface area contributed by atoms with Crippen LogP contribution in [0, 0.1) is 17.8 Å². The van der Waals surface area contributed by atoms with Gasteiger partial charge in [-0.05, 0) is 57.9 Å². The molecule has 1 saturated carbocycles. The molecule has 0 heteroatoms. The molecule has 0 N–H and O–H groups in total. The molecular weight excluding hydrogens is 336 g/mol. The lowest BCUT2D eigenvalue weighted by Gasteiger charge is -2.20. The highest BCUT2D eigenvalue weighted by atomic mass is 14.5. The summed E-state index contributed by atoms with van der Waals surface area (Å²) < 4.78 is 0. The van der Waals surface area contributed by atoms with Crippen molar-refractivity contribution < 1.29 is 0 Å². The summed E-state index contributed by atoms with van der Waals surface area (Å²) in [6.45, 7) is 15.0. The quantitative estimate of drug-likeness (QED) is 0.497. The zero-order valence-electron chi connectivity index (χ0n) is 18.9. The molecule has 3 unspecified atom stereocenters. The predicted octanol–water partition coefficient (Wildman–Crippen LogP) is 8.60. The van der Waals surface area contributed by atoms with Gasteiger partial charge in [0.2, 0.25) is 0 Å². The minimum Gasteiger partial charge on any atom is -0.0807 e. The Hall–Kier alpha value is -2.08. The molecule has 1 fully saturated rings. The summed E-state index contributed by atoms with van der Waals surface area (Å²) in [6, 6.07) is 6.81. The maximum atomic E-state index is 2.51.